The van der Waals surface area contributed by atoms with Gasteiger partial charge in [0.15, 0.2) is 5.58 Å². The number of hydrogen-bond acceptors (Lipinski definition) is 7. The van der Waals surface area contributed by atoms with Gasteiger partial charge in [0, 0.05) is 31.9 Å². The van der Waals surface area contributed by atoms with Crippen LogP contribution in [0.2, 0.25) is 0 Å². The third-order valence-electron chi connectivity index (χ3n) is 4.26. The number of nitrogens with one attached hydrogen (secondary N) is 1. The highest BCUT2D eigenvalue weighted by atomic mass is 16.5. The van der Waals surface area contributed by atoms with Crippen LogP contribution in [0.15, 0.2) is 47.1 Å². The summed E-state index contributed by atoms with van der Waals surface area (Å²) in [5, 5.41) is 3.40. The normalized spacial score (nSPS) is 17.6. The topological polar surface area (TPSA) is 72.7 Å². The van der Waals surface area contributed by atoms with E-state index in [0.717, 1.165) is 42.2 Å². The number of oxazole rings is 1. The monoisotopic (exact) mass is 340 g/mol. The molecule has 1 aliphatic heterocycles. The second-order valence-corrected chi connectivity index (χ2v) is 5.88. The van der Waals surface area contributed by atoms with Gasteiger partial charge in [-0.15, -0.1) is 0 Å². The average Bonchev–Trinajstić information content (AvgIpc) is 3.10. The van der Waals surface area contributed by atoms with Gasteiger partial charge in [-0.1, -0.05) is 0 Å². The molecule has 4 rings (SSSR count). The van der Waals surface area contributed by atoms with Gasteiger partial charge in [0.2, 0.25) is 0 Å². The van der Waals surface area contributed by atoms with Crippen molar-refractivity contribution in [3.63, 3.8) is 0 Å². The zero-order valence-electron chi connectivity index (χ0n) is 14.0. The predicted molar refractivity (Wildman–Crippen MR) is 94.3 cm³/mol. The second-order valence-electron chi connectivity index (χ2n) is 5.88. The average molecular weight is 340 g/mol. The number of piperazine rings is 1. The largest absolute Gasteiger partial charge is 0.497 e. The van der Waals surface area contributed by atoms with E-state index in [1.54, 1.807) is 19.5 Å². The van der Waals surface area contributed by atoms with Gasteiger partial charge in [0.05, 0.1) is 19.3 Å². The molecule has 7 heteroatoms. The first-order chi connectivity index (χ1) is 12.3. The van der Waals surface area contributed by atoms with E-state index in [4.69, 9.17) is 13.9 Å². The third kappa shape index (κ3) is 3.36. The molecule has 1 saturated heterocycles. The van der Waals surface area contributed by atoms with Gasteiger partial charge >= 0.3 is 0 Å². The van der Waals surface area contributed by atoms with Crippen LogP contribution in [0.3, 0.4) is 0 Å². The zero-order valence-corrected chi connectivity index (χ0v) is 14.0. The number of methoxy groups -OCH3 is 1. The highest BCUT2D eigenvalue weighted by Crippen LogP contribution is 2.27. The minimum absolute atomic E-state index is 0.129. The van der Waals surface area contributed by atoms with Crippen molar-refractivity contribution in [1.29, 1.82) is 0 Å². The lowest BCUT2D eigenvalue weighted by atomic mass is 10.2. The van der Waals surface area contributed by atoms with E-state index in [1.165, 1.54) is 0 Å². The molecule has 1 aliphatic rings. The van der Waals surface area contributed by atoms with E-state index in [1.807, 2.05) is 30.3 Å². The van der Waals surface area contributed by atoms with Crippen LogP contribution < -0.4 is 19.7 Å². The lowest BCUT2D eigenvalue weighted by Crippen LogP contribution is -2.54. The molecule has 0 amide bonds. The molecule has 2 aromatic heterocycles. The smallest absolute Gasteiger partial charge is 0.298 e. The van der Waals surface area contributed by atoms with Crippen molar-refractivity contribution < 1.29 is 13.9 Å². The Balaban J connectivity index is 1.54. The molecule has 7 nitrogen and oxygen atoms in total. The maximum Gasteiger partial charge on any atom is 0.298 e. The van der Waals surface area contributed by atoms with Crippen LogP contribution in [-0.2, 0) is 0 Å². The summed E-state index contributed by atoms with van der Waals surface area (Å²) in [5.74, 6) is 1.53. The van der Waals surface area contributed by atoms with Crippen LogP contribution in [0, 0.1) is 0 Å². The van der Waals surface area contributed by atoms with Crippen molar-refractivity contribution >= 4 is 17.1 Å². The first kappa shape index (κ1) is 15.7. The van der Waals surface area contributed by atoms with Crippen molar-refractivity contribution in [3.05, 3.63) is 42.7 Å². The fourth-order valence-electron chi connectivity index (χ4n) is 2.93. The molecule has 130 valence electrons. The number of pyridine rings is 1. The van der Waals surface area contributed by atoms with Gasteiger partial charge in [-0.05, 0) is 24.3 Å². The van der Waals surface area contributed by atoms with E-state index in [0.29, 0.717) is 12.6 Å². The zero-order chi connectivity index (χ0) is 17.1. The molecule has 0 unspecified atom stereocenters. The summed E-state index contributed by atoms with van der Waals surface area (Å²) in [4.78, 5) is 10.9. The van der Waals surface area contributed by atoms with Crippen molar-refractivity contribution in [2.75, 3.05) is 38.3 Å². The van der Waals surface area contributed by atoms with Crippen molar-refractivity contribution in [1.82, 2.24) is 15.3 Å². The molecule has 25 heavy (non-hydrogen) atoms. The maximum atomic E-state index is 5.95. The molecular weight excluding hydrogens is 320 g/mol. The second kappa shape index (κ2) is 6.98. The van der Waals surface area contributed by atoms with Gasteiger partial charge in [-0.25, -0.2) is 0 Å². The summed E-state index contributed by atoms with van der Waals surface area (Å²) in [7, 11) is 1.64. The van der Waals surface area contributed by atoms with Gasteiger partial charge in [-0.3, -0.25) is 4.98 Å². The van der Waals surface area contributed by atoms with Crippen LogP contribution in [0.25, 0.3) is 11.1 Å². The first-order valence-corrected chi connectivity index (χ1v) is 8.28. The Bertz CT molecular complexity index is 837. The fraction of sp³-hybridized carbons (Fsp3) is 0.333. The highest BCUT2D eigenvalue weighted by Gasteiger charge is 2.27. The summed E-state index contributed by atoms with van der Waals surface area (Å²) in [6.45, 7) is 3.03. The number of anilines is 1. The summed E-state index contributed by atoms with van der Waals surface area (Å²) in [5.41, 5.74) is 1.54. The number of hydrogen-bond donors (Lipinski definition) is 1. The molecular formula is C18H20N4O3. The van der Waals surface area contributed by atoms with Crippen molar-refractivity contribution in [3.8, 4) is 11.5 Å². The van der Waals surface area contributed by atoms with Gasteiger partial charge in [0.25, 0.3) is 6.01 Å². The molecule has 0 bridgehead atoms. The molecule has 3 heterocycles. The number of aromatic nitrogens is 2. The van der Waals surface area contributed by atoms with E-state index in [2.05, 4.69) is 20.2 Å². The van der Waals surface area contributed by atoms with Crippen LogP contribution in [-0.4, -0.2) is 49.4 Å². The van der Waals surface area contributed by atoms with Crippen LogP contribution in [0.5, 0.6) is 11.5 Å². The lowest BCUT2D eigenvalue weighted by Gasteiger charge is -2.34. The summed E-state index contributed by atoms with van der Waals surface area (Å²) in [6, 6.07) is 10.1. The molecule has 3 aromatic rings. The Morgan fingerprint density at radius 2 is 2.28 bits per heavy atom. The summed E-state index contributed by atoms with van der Waals surface area (Å²) < 4.78 is 17.1. The molecule has 0 radical (unpaired) electrons. The molecule has 1 aromatic carbocycles. The predicted octanol–water partition coefficient (Wildman–Crippen LogP) is 2.09. The fourth-order valence-corrected chi connectivity index (χ4v) is 2.93. The van der Waals surface area contributed by atoms with Crippen LogP contribution >= 0.6 is 0 Å². The van der Waals surface area contributed by atoms with Crippen molar-refractivity contribution in [2.24, 2.45) is 0 Å². The first-order valence-electron chi connectivity index (χ1n) is 8.28. The molecule has 0 spiro atoms. The highest BCUT2D eigenvalue weighted by molar-refractivity contribution is 5.76. The van der Waals surface area contributed by atoms with Gasteiger partial charge in [0.1, 0.15) is 23.6 Å². The molecule has 0 aliphatic carbocycles. The summed E-state index contributed by atoms with van der Waals surface area (Å²) >= 11 is 0. The number of rotatable bonds is 5. The number of benzene rings is 1. The van der Waals surface area contributed by atoms with E-state index < -0.39 is 0 Å². The Labute approximate surface area is 145 Å². The number of fused-ring (bicyclic) bond motifs is 1. The van der Waals surface area contributed by atoms with E-state index >= 15 is 0 Å². The quantitative estimate of drug-likeness (QED) is 0.762. The lowest BCUT2D eigenvalue weighted by molar-refractivity contribution is 0.261. The van der Waals surface area contributed by atoms with E-state index in [9.17, 15) is 0 Å². The van der Waals surface area contributed by atoms with Gasteiger partial charge < -0.3 is 24.1 Å². The Morgan fingerprint density at radius 3 is 3.12 bits per heavy atom. The molecule has 1 atom stereocenters. The third-order valence-corrected chi connectivity index (χ3v) is 4.26. The minimum atomic E-state index is 0.129. The number of ether oxygens (including phenoxy) is 2. The van der Waals surface area contributed by atoms with Crippen molar-refractivity contribution in [2.45, 2.75) is 6.04 Å². The molecule has 1 fully saturated rings. The van der Waals surface area contributed by atoms with E-state index in [-0.39, 0.29) is 6.04 Å². The minimum Gasteiger partial charge on any atom is -0.497 e. The Kier molecular flexibility index (Phi) is 4.39. The molecule has 0 saturated carbocycles. The Hall–Kier alpha value is -2.80. The molecule has 1 N–H and O–H groups in total. The Morgan fingerprint density at radius 1 is 1.32 bits per heavy atom. The standard InChI is InChI=1S/C18H20N4O3/c1-23-14-4-5-17-16(9-14)21-18(25-17)22-8-7-20-10-13(22)12-24-15-3-2-6-19-11-15/h2-6,9,11,13,20H,7-8,10,12H2,1H3/t13-/m1/s1. The number of nitrogens with zero attached hydrogens (tertiary/aromatic N) is 3. The summed E-state index contributed by atoms with van der Waals surface area (Å²) in [6.07, 6.45) is 3.44. The SMILES string of the molecule is COc1ccc2oc(N3CCNC[C@@H]3COc3cccnc3)nc2c1. The van der Waals surface area contributed by atoms with Crippen LogP contribution in [0.1, 0.15) is 0 Å². The maximum absolute atomic E-state index is 5.95. The van der Waals surface area contributed by atoms with Gasteiger partial charge in [-0.2, -0.15) is 4.98 Å². The van der Waals surface area contributed by atoms with Crippen LogP contribution in [0.4, 0.5) is 6.01 Å².